The molecule has 0 radical (unpaired) electrons. The summed E-state index contributed by atoms with van der Waals surface area (Å²) >= 11 is 0. The van der Waals surface area contributed by atoms with Gasteiger partial charge in [0.1, 0.15) is 23.2 Å². The number of Topliss-reactive ketones (excluding diaryl/α,β-unsaturated/α-hetero) is 1. The molecule has 1 aliphatic rings. The molecule has 2 N–H and O–H groups in total. The number of allylic oxidation sites excluding steroid dienone is 3. The highest BCUT2D eigenvalue weighted by Crippen LogP contribution is 2.39. The van der Waals surface area contributed by atoms with E-state index in [1.807, 2.05) is 6.07 Å². The van der Waals surface area contributed by atoms with Gasteiger partial charge in [-0.3, -0.25) is 4.79 Å². The fourth-order valence-electron chi connectivity index (χ4n) is 2.08. The molecule has 0 saturated carbocycles. The van der Waals surface area contributed by atoms with Gasteiger partial charge < -0.3 is 14.9 Å². The van der Waals surface area contributed by atoms with Gasteiger partial charge in [0, 0.05) is 5.57 Å². The van der Waals surface area contributed by atoms with Gasteiger partial charge in [0.25, 0.3) is 0 Å². The van der Waals surface area contributed by atoms with Crippen LogP contribution in [0.1, 0.15) is 25.5 Å². The minimum absolute atomic E-state index is 0.0152. The second kappa shape index (κ2) is 4.41. The van der Waals surface area contributed by atoms with Crippen LogP contribution >= 0.6 is 0 Å². The number of nitrogens with zero attached hydrogens (tertiary/aromatic N) is 1. The second-order valence-electron chi connectivity index (χ2n) is 3.97. The van der Waals surface area contributed by atoms with Gasteiger partial charge >= 0.3 is 0 Å². The summed E-state index contributed by atoms with van der Waals surface area (Å²) in [6.07, 6.45) is 1.49. The molecule has 18 heavy (non-hydrogen) atoms. The van der Waals surface area contributed by atoms with Crippen LogP contribution in [0.15, 0.2) is 45.6 Å². The minimum Gasteiger partial charge on any atom is -0.468 e. The van der Waals surface area contributed by atoms with Crippen LogP contribution in [0.2, 0.25) is 0 Å². The molecule has 0 fully saturated rings. The Hall–Kier alpha value is -2.48. The van der Waals surface area contributed by atoms with Crippen LogP contribution in [0.3, 0.4) is 0 Å². The van der Waals surface area contributed by atoms with Crippen molar-refractivity contribution in [3.05, 3.63) is 46.9 Å². The second-order valence-corrected chi connectivity index (χ2v) is 3.97. The first-order valence-corrected chi connectivity index (χ1v) is 5.39. The molecule has 1 aromatic rings. The van der Waals surface area contributed by atoms with Crippen LogP contribution in [-0.2, 0) is 9.53 Å². The Morgan fingerprint density at radius 2 is 2.28 bits per heavy atom. The summed E-state index contributed by atoms with van der Waals surface area (Å²) in [5, 5.41) is 9.17. The number of hydrogen-bond donors (Lipinski definition) is 1. The number of rotatable bonds is 2. The summed E-state index contributed by atoms with van der Waals surface area (Å²) in [7, 11) is 0. The molecule has 0 saturated heterocycles. The molecule has 2 heterocycles. The van der Waals surface area contributed by atoms with Crippen LogP contribution in [0.4, 0.5) is 0 Å². The summed E-state index contributed by atoms with van der Waals surface area (Å²) in [4.78, 5) is 11.7. The lowest BCUT2D eigenvalue weighted by molar-refractivity contribution is -0.114. The fourth-order valence-corrected chi connectivity index (χ4v) is 2.08. The fraction of sp³-hybridized carbons (Fsp3) is 0.231. The summed E-state index contributed by atoms with van der Waals surface area (Å²) < 4.78 is 10.5. The van der Waals surface area contributed by atoms with Crippen LogP contribution in [-0.4, -0.2) is 5.78 Å². The summed E-state index contributed by atoms with van der Waals surface area (Å²) in [5.74, 6) is 0.162. The van der Waals surface area contributed by atoms with E-state index in [1.165, 1.54) is 13.2 Å². The molecule has 0 spiro atoms. The Morgan fingerprint density at radius 1 is 1.56 bits per heavy atom. The molecule has 92 valence electrons. The van der Waals surface area contributed by atoms with Gasteiger partial charge in [-0.2, -0.15) is 5.26 Å². The molecule has 1 aliphatic heterocycles. The third kappa shape index (κ3) is 1.78. The zero-order valence-corrected chi connectivity index (χ0v) is 10.1. The number of nitriles is 1. The average molecular weight is 244 g/mol. The van der Waals surface area contributed by atoms with Crippen molar-refractivity contribution in [2.75, 3.05) is 0 Å². The van der Waals surface area contributed by atoms with Gasteiger partial charge in [0.15, 0.2) is 5.78 Å². The number of carbonyl (C=O) groups excluding carboxylic acids is 1. The predicted molar refractivity (Wildman–Crippen MR) is 62.7 cm³/mol. The smallest absolute Gasteiger partial charge is 0.205 e. The molecule has 5 heteroatoms. The van der Waals surface area contributed by atoms with Crippen molar-refractivity contribution in [2.24, 2.45) is 5.73 Å². The summed E-state index contributed by atoms with van der Waals surface area (Å²) in [6.45, 7) is 3.07. The first kappa shape index (κ1) is 12.0. The topological polar surface area (TPSA) is 89.2 Å². The van der Waals surface area contributed by atoms with Crippen LogP contribution in [0, 0.1) is 11.3 Å². The van der Waals surface area contributed by atoms with Crippen molar-refractivity contribution in [1.29, 1.82) is 5.26 Å². The number of furan rings is 1. The monoisotopic (exact) mass is 244 g/mol. The van der Waals surface area contributed by atoms with E-state index in [1.54, 1.807) is 19.1 Å². The zero-order valence-electron chi connectivity index (χ0n) is 10.1. The highest BCUT2D eigenvalue weighted by atomic mass is 16.5. The van der Waals surface area contributed by atoms with Gasteiger partial charge in [-0.25, -0.2) is 0 Å². The number of hydrogen-bond acceptors (Lipinski definition) is 5. The molecule has 0 unspecified atom stereocenters. The van der Waals surface area contributed by atoms with Gasteiger partial charge in [0.05, 0.1) is 12.2 Å². The Labute approximate surface area is 104 Å². The van der Waals surface area contributed by atoms with Gasteiger partial charge in [-0.05, 0) is 26.0 Å². The van der Waals surface area contributed by atoms with Crippen LogP contribution < -0.4 is 5.73 Å². The number of ketones is 1. The van der Waals surface area contributed by atoms with Crippen LogP contribution in [0.25, 0.3) is 0 Å². The lowest BCUT2D eigenvalue weighted by Crippen LogP contribution is -2.22. The van der Waals surface area contributed by atoms with E-state index in [0.29, 0.717) is 17.1 Å². The highest BCUT2D eigenvalue weighted by molar-refractivity contribution is 5.96. The van der Waals surface area contributed by atoms with E-state index in [0.717, 1.165) is 0 Å². The molecule has 1 aromatic heterocycles. The Kier molecular flexibility index (Phi) is 2.94. The Morgan fingerprint density at radius 3 is 2.78 bits per heavy atom. The number of nitrogens with two attached hydrogens (primary N) is 1. The first-order chi connectivity index (χ1) is 8.56. The molecular weight excluding hydrogens is 232 g/mol. The maximum absolute atomic E-state index is 11.7. The lowest BCUT2D eigenvalue weighted by atomic mass is 9.85. The molecule has 0 aliphatic carbocycles. The normalized spacial score (nSPS) is 19.5. The van der Waals surface area contributed by atoms with Crippen molar-refractivity contribution in [1.82, 2.24) is 0 Å². The van der Waals surface area contributed by atoms with Crippen molar-refractivity contribution in [3.63, 3.8) is 0 Å². The molecule has 2 rings (SSSR count). The maximum atomic E-state index is 11.7. The first-order valence-electron chi connectivity index (χ1n) is 5.39. The Bertz CT molecular complexity index is 588. The third-order valence-electron chi connectivity index (χ3n) is 2.81. The molecule has 1 atom stereocenters. The quantitative estimate of drug-likeness (QED) is 0.858. The molecule has 0 amide bonds. The van der Waals surface area contributed by atoms with Gasteiger partial charge in [-0.15, -0.1) is 0 Å². The average Bonchev–Trinajstić information content (AvgIpc) is 2.80. The molecule has 5 nitrogen and oxygen atoms in total. The third-order valence-corrected chi connectivity index (χ3v) is 2.81. The number of ether oxygens (including phenoxy) is 1. The molecule has 0 aromatic carbocycles. The van der Waals surface area contributed by atoms with E-state index in [-0.39, 0.29) is 17.2 Å². The maximum Gasteiger partial charge on any atom is 0.205 e. The van der Waals surface area contributed by atoms with E-state index >= 15 is 0 Å². The Balaban J connectivity index is 2.63. The van der Waals surface area contributed by atoms with E-state index < -0.39 is 5.92 Å². The highest BCUT2D eigenvalue weighted by Gasteiger charge is 2.35. The molecule has 0 bridgehead atoms. The largest absolute Gasteiger partial charge is 0.468 e. The van der Waals surface area contributed by atoms with Crippen molar-refractivity contribution in [2.45, 2.75) is 19.8 Å². The minimum atomic E-state index is -0.587. The lowest BCUT2D eigenvalue weighted by Gasteiger charge is -2.24. The van der Waals surface area contributed by atoms with Crippen molar-refractivity contribution in [3.8, 4) is 6.07 Å². The van der Waals surface area contributed by atoms with Crippen molar-refractivity contribution < 1.29 is 13.9 Å². The SMILES string of the molecule is CC(=O)C1=C(C)OC(N)=C(C#N)[C@@H]1c1ccco1. The standard InChI is InChI=1S/C13H12N2O3/c1-7(16)11-8(2)18-13(15)9(6-14)12(11)10-4-3-5-17-10/h3-5,12H,15H2,1-2H3/t12-/m1/s1. The van der Waals surface area contributed by atoms with Gasteiger partial charge in [-0.1, -0.05) is 0 Å². The zero-order chi connectivity index (χ0) is 13.3. The van der Waals surface area contributed by atoms with E-state index in [4.69, 9.17) is 14.9 Å². The summed E-state index contributed by atoms with van der Waals surface area (Å²) in [6, 6.07) is 5.38. The number of carbonyl (C=O) groups is 1. The van der Waals surface area contributed by atoms with Crippen LogP contribution in [0.5, 0.6) is 0 Å². The van der Waals surface area contributed by atoms with E-state index in [2.05, 4.69) is 0 Å². The predicted octanol–water partition coefficient (Wildman–Crippen LogP) is 1.95. The molecular formula is C13H12N2O3. The van der Waals surface area contributed by atoms with Gasteiger partial charge in [0.2, 0.25) is 5.88 Å². The van der Waals surface area contributed by atoms with E-state index in [9.17, 15) is 10.1 Å². The van der Waals surface area contributed by atoms with Crippen molar-refractivity contribution >= 4 is 5.78 Å². The summed E-state index contributed by atoms with van der Waals surface area (Å²) in [5.41, 5.74) is 6.28.